The van der Waals surface area contributed by atoms with Crippen molar-refractivity contribution < 1.29 is 9.53 Å². The molecule has 0 aromatic rings. The van der Waals surface area contributed by atoms with Crippen molar-refractivity contribution in [1.82, 2.24) is 0 Å². The summed E-state index contributed by atoms with van der Waals surface area (Å²) in [4.78, 5) is 11.7. The zero-order chi connectivity index (χ0) is 10.4. The summed E-state index contributed by atoms with van der Waals surface area (Å²) in [5.74, 6) is 2.61. The van der Waals surface area contributed by atoms with Crippen LogP contribution in [0.5, 0.6) is 0 Å². The Morgan fingerprint density at radius 3 is 2.53 bits per heavy atom. The zero-order valence-electron chi connectivity index (χ0n) is 9.45. The summed E-state index contributed by atoms with van der Waals surface area (Å²) < 4.78 is 5.38. The third-order valence-corrected chi connectivity index (χ3v) is 4.92. The molecule has 2 aliphatic carbocycles. The van der Waals surface area contributed by atoms with Gasteiger partial charge in [-0.3, -0.25) is 4.79 Å². The van der Waals surface area contributed by atoms with Crippen LogP contribution in [0, 0.1) is 23.7 Å². The Bertz CT molecular complexity index is 274. The van der Waals surface area contributed by atoms with E-state index >= 15 is 0 Å². The quantitative estimate of drug-likeness (QED) is 0.572. The van der Waals surface area contributed by atoms with Crippen LogP contribution in [0.4, 0.5) is 0 Å². The smallest absolute Gasteiger partial charge is 0.309 e. The van der Waals surface area contributed by atoms with Crippen molar-refractivity contribution in [2.45, 2.75) is 51.6 Å². The fraction of sp³-hybridized carbons (Fsp3) is 0.923. The summed E-state index contributed by atoms with van der Waals surface area (Å²) in [6.07, 6.45) is 8.10. The van der Waals surface area contributed by atoms with Crippen molar-refractivity contribution in [2.24, 2.45) is 23.7 Å². The minimum atomic E-state index is 0.0940. The molecule has 15 heavy (non-hydrogen) atoms. The second kappa shape index (κ2) is 3.50. The standard InChI is InChI=1S/C13H20O2/c1-8-11-6-9-4-2-3-5-10(9)7-12(11)13(14)15-8/h8-12H,2-7H2,1H3/t8-,9?,10+,11?,12-/m1/s1. The fourth-order valence-corrected chi connectivity index (χ4v) is 4.07. The van der Waals surface area contributed by atoms with Gasteiger partial charge in [0.25, 0.3) is 0 Å². The fourth-order valence-electron chi connectivity index (χ4n) is 4.07. The first kappa shape index (κ1) is 9.68. The maximum absolute atomic E-state index is 11.7. The van der Waals surface area contributed by atoms with E-state index in [1.165, 1.54) is 32.1 Å². The van der Waals surface area contributed by atoms with Gasteiger partial charge in [-0.25, -0.2) is 0 Å². The number of ether oxygens (including phenoxy) is 1. The largest absolute Gasteiger partial charge is 0.462 e. The molecule has 0 amide bonds. The third kappa shape index (κ3) is 1.49. The first-order chi connectivity index (χ1) is 7.25. The van der Waals surface area contributed by atoms with Crippen molar-refractivity contribution in [3.05, 3.63) is 0 Å². The SMILES string of the molecule is C[C@H]1OC(=O)[C@@H]2C[C@@H]3CCCCC3CC12. The molecule has 0 aromatic carbocycles. The molecular weight excluding hydrogens is 188 g/mol. The maximum Gasteiger partial charge on any atom is 0.309 e. The molecule has 5 atom stereocenters. The highest BCUT2D eigenvalue weighted by atomic mass is 16.6. The van der Waals surface area contributed by atoms with E-state index in [4.69, 9.17) is 4.74 Å². The number of carbonyl (C=O) groups is 1. The Hall–Kier alpha value is -0.530. The molecule has 1 saturated heterocycles. The molecule has 0 N–H and O–H groups in total. The van der Waals surface area contributed by atoms with Crippen molar-refractivity contribution in [1.29, 1.82) is 0 Å². The summed E-state index contributed by atoms with van der Waals surface area (Å²) >= 11 is 0. The lowest BCUT2D eigenvalue weighted by molar-refractivity contribution is -0.144. The van der Waals surface area contributed by atoms with E-state index < -0.39 is 0 Å². The van der Waals surface area contributed by atoms with Gasteiger partial charge in [-0.15, -0.1) is 0 Å². The van der Waals surface area contributed by atoms with Crippen LogP contribution in [0.2, 0.25) is 0 Å². The Balaban J connectivity index is 1.78. The number of hydrogen-bond acceptors (Lipinski definition) is 2. The van der Waals surface area contributed by atoms with Crippen molar-refractivity contribution in [3.63, 3.8) is 0 Å². The molecule has 1 aliphatic heterocycles. The Labute approximate surface area is 91.4 Å². The topological polar surface area (TPSA) is 26.3 Å². The first-order valence-corrected chi connectivity index (χ1v) is 6.46. The molecule has 3 rings (SSSR count). The third-order valence-electron chi connectivity index (χ3n) is 4.92. The van der Waals surface area contributed by atoms with Gasteiger partial charge in [-0.05, 0) is 31.6 Å². The summed E-state index contributed by atoms with van der Waals surface area (Å²) in [6.45, 7) is 2.08. The average Bonchev–Trinajstić information content (AvgIpc) is 2.52. The molecule has 3 aliphatic rings. The predicted molar refractivity (Wildman–Crippen MR) is 57.2 cm³/mol. The maximum atomic E-state index is 11.7. The molecule has 1 heterocycles. The van der Waals surface area contributed by atoms with Crippen LogP contribution in [0.15, 0.2) is 0 Å². The summed E-state index contributed by atoms with van der Waals surface area (Å²) in [6, 6.07) is 0. The molecule has 0 aromatic heterocycles. The highest BCUT2D eigenvalue weighted by molar-refractivity contribution is 5.75. The summed E-state index contributed by atoms with van der Waals surface area (Å²) in [5.41, 5.74) is 0. The van der Waals surface area contributed by atoms with Gasteiger partial charge < -0.3 is 4.74 Å². The molecule has 3 fully saturated rings. The molecule has 2 nitrogen and oxygen atoms in total. The van der Waals surface area contributed by atoms with E-state index in [1.807, 2.05) is 0 Å². The number of rotatable bonds is 0. The predicted octanol–water partition coefficient (Wildman–Crippen LogP) is 2.76. The van der Waals surface area contributed by atoms with Crippen LogP contribution >= 0.6 is 0 Å². The van der Waals surface area contributed by atoms with E-state index in [2.05, 4.69) is 6.92 Å². The Kier molecular flexibility index (Phi) is 2.26. The second-order valence-electron chi connectivity index (χ2n) is 5.69. The van der Waals surface area contributed by atoms with Crippen LogP contribution < -0.4 is 0 Å². The van der Waals surface area contributed by atoms with Gasteiger partial charge in [0.05, 0.1) is 5.92 Å². The van der Waals surface area contributed by atoms with E-state index in [-0.39, 0.29) is 18.0 Å². The van der Waals surface area contributed by atoms with Gasteiger partial charge in [-0.1, -0.05) is 25.7 Å². The Morgan fingerprint density at radius 2 is 1.80 bits per heavy atom. The van der Waals surface area contributed by atoms with Gasteiger partial charge in [0.2, 0.25) is 0 Å². The lowest BCUT2D eigenvalue weighted by Crippen LogP contribution is -2.35. The van der Waals surface area contributed by atoms with Crippen LogP contribution in [0.1, 0.15) is 45.4 Å². The van der Waals surface area contributed by atoms with Gasteiger partial charge in [0.1, 0.15) is 6.10 Å². The number of esters is 1. The van der Waals surface area contributed by atoms with Crippen molar-refractivity contribution in [2.75, 3.05) is 0 Å². The van der Waals surface area contributed by atoms with Crippen LogP contribution in [-0.2, 0) is 9.53 Å². The summed E-state index contributed by atoms with van der Waals surface area (Å²) in [5, 5.41) is 0. The minimum Gasteiger partial charge on any atom is -0.462 e. The van der Waals surface area contributed by atoms with Crippen LogP contribution in [0.3, 0.4) is 0 Å². The molecule has 0 radical (unpaired) electrons. The van der Waals surface area contributed by atoms with Gasteiger partial charge >= 0.3 is 5.97 Å². The molecule has 2 heteroatoms. The average molecular weight is 208 g/mol. The minimum absolute atomic E-state index is 0.0940. The van der Waals surface area contributed by atoms with Gasteiger partial charge in [-0.2, -0.15) is 0 Å². The first-order valence-electron chi connectivity index (χ1n) is 6.46. The molecular formula is C13H20O2. The number of carbonyl (C=O) groups excluding carboxylic acids is 1. The highest BCUT2D eigenvalue weighted by Gasteiger charge is 2.48. The molecule has 0 bridgehead atoms. The van der Waals surface area contributed by atoms with E-state index in [0.717, 1.165) is 18.3 Å². The monoisotopic (exact) mass is 208 g/mol. The molecule has 0 spiro atoms. The van der Waals surface area contributed by atoms with Crippen LogP contribution in [0.25, 0.3) is 0 Å². The lowest BCUT2D eigenvalue weighted by Gasteiger charge is -2.40. The zero-order valence-corrected chi connectivity index (χ0v) is 9.45. The Morgan fingerprint density at radius 1 is 1.13 bits per heavy atom. The highest BCUT2D eigenvalue weighted by Crippen LogP contribution is 2.49. The van der Waals surface area contributed by atoms with Crippen molar-refractivity contribution >= 4 is 5.97 Å². The molecule has 2 saturated carbocycles. The lowest BCUT2D eigenvalue weighted by atomic mass is 9.63. The van der Waals surface area contributed by atoms with E-state index in [1.54, 1.807) is 0 Å². The molecule has 2 unspecified atom stereocenters. The number of fused-ring (bicyclic) bond motifs is 2. The second-order valence-corrected chi connectivity index (χ2v) is 5.69. The number of hydrogen-bond donors (Lipinski definition) is 0. The van der Waals surface area contributed by atoms with E-state index in [9.17, 15) is 4.79 Å². The van der Waals surface area contributed by atoms with E-state index in [0.29, 0.717) is 5.92 Å². The van der Waals surface area contributed by atoms with Crippen molar-refractivity contribution in [3.8, 4) is 0 Å². The normalized spacial score (nSPS) is 49.4. The van der Waals surface area contributed by atoms with Gasteiger partial charge in [0, 0.05) is 5.92 Å². The number of cyclic esters (lactones) is 1. The van der Waals surface area contributed by atoms with Gasteiger partial charge in [0.15, 0.2) is 0 Å². The molecule has 84 valence electrons. The summed E-state index contributed by atoms with van der Waals surface area (Å²) in [7, 11) is 0. The van der Waals surface area contributed by atoms with Crippen LogP contribution in [-0.4, -0.2) is 12.1 Å².